The predicted octanol–water partition coefficient (Wildman–Crippen LogP) is 4.16. The highest BCUT2D eigenvalue weighted by Crippen LogP contribution is 2.23. The summed E-state index contributed by atoms with van der Waals surface area (Å²) in [5.74, 6) is -0.479. The van der Waals surface area contributed by atoms with Gasteiger partial charge in [0.1, 0.15) is 6.04 Å². The van der Waals surface area contributed by atoms with E-state index in [1.165, 1.54) is 0 Å². The van der Waals surface area contributed by atoms with Gasteiger partial charge >= 0.3 is 5.97 Å². The van der Waals surface area contributed by atoms with E-state index in [1.54, 1.807) is 25.8 Å². The zero-order chi connectivity index (χ0) is 26.0. The summed E-state index contributed by atoms with van der Waals surface area (Å²) in [4.78, 5) is 43.2. The Labute approximate surface area is 207 Å². The minimum Gasteiger partial charge on any atom is -0.463 e. The molecule has 5 atom stereocenters. The Balaban J connectivity index is 3.12. The lowest BCUT2D eigenvalue weighted by molar-refractivity contribution is -0.140. The van der Waals surface area contributed by atoms with Gasteiger partial charge in [0.25, 0.3) is 0 Å². The first-order valence-electron chi connectivity index (χ1n) is 13.2. The van der Waals surface area contributed by atoms with Crippen LogP contribution < -0.4 is 5.32 Å². The average molecular weight is 480 g/mol. The molecule has 0 radical (unpaired) electrons. The molecule has 2 amide bonds. The molecule has 1 heterocycles. The SMILES string of the molecule is CCOC(=O)/C(C)=C/C([C@@H](C)CC)N(C)C(=O)[C@@H](NC(=O)[C@H]1CCCCN1C(C)CC)C(C)C. The van der Waals surface area contributed by atoms with E-state index < -0.39 is 6.04 Å². The van der Waals surface area contributed by atoms with Gasteiger partial charge in [0, 0.05) is 18.7 Å². The van der Waals surface area contributed by atoms with Crippen LogP contribution in [-0.4, -0.2) is 72.0 Å². The largest absolute Gasteiger partial charge is 0.463 e. The highest BCUT2D eigenvalue weighted by molar-refractivity contribution is 5.91. The molecule has 1 N–H and O–H groups in total. The molecule has 34 heavy (non-hydrogen) atoms. The molecule has 7 heteroatoms. The van der Waals surface area contributed by atoms with Crippen molar-refractivity contribution in [2.45, 2.75) is 112 Å². The zero-order valence-electron chi connectivity index (χ0n) is 23.0. The Morgan fingerprint density at radius 3 is 2.26 bits per heavy atom. The Morgan fingerprint density at radius 1 is 1.09 bits per heavy atom. The quantitative estimate of drug-likeness (QED) is 0.336. The van der Waals surface area contributed by atoms with Gasteiger partial charge in [-0.2, -0.15) is 0 Å². The van der Waals surface area contributed by atoms with Crippen LogP contribution in [0.2, 0.25) is 0 Å². The van der Waals surface area contributed by atoms with E-state index in [1.807, 2.05) is 19.9 Å². The highest BCUT2D eigenvalue weighted by Gasteiger charge is 2.36. The summed E-state index contributed by atoms with van der Waals surface area (Å²) in [6, 6.07) is -0.760. The zero-order valence-corrected chi connectivity index (χ0v) is 23.0. The summed E-state index contributed by atoms with van der Waals surface area (Å²) in [7, 11) is 1.77. The van der Waals surface area contributed by atoms with Gasteiger partial charge in [0.05, 0.1) is 18.7 Å². The first-order valence-corrected chi connectivity index (χ1v) is 13.2. The lowest BCUT2D eigenvalue weighted by Gasteiger charge is -2.40. The third-order valence-corrected chi connectivity index (χ3v) is 7.27. The van der Waals surface area contributed by atoms with Gasteiger partial charge in [-0.05, 0) is 58.4 Å². The molecular formula is C27H49N3O4. The minimum absolute atomic E-state index is 0.0567. The van der Waals surface area contributed by atoms with Gasteiger partial charge in [-0.15, -0.1) is 0 Å². The first-order chi connectivity index (χ1) is 16.0. The van der Waals surface area contributed by atoms with E-state index in [4.69, 9.17) is 4.74 Å². The van der Waals surface area contributed by atoms with Crippen LogP contribution in [0, 0.1) is 11.8 Å². The highest BCUT2D eigenvalue weighted by atomic mass is 16.5. The fourth-order valence-electron chi connectivity index (χ4n) is 4.60. The fourth-order valence-corrected chi connectivity index (χ4v) is 4.60. The van der Waals surface area contributed by atoms with Gasteiger partial charge < -0.3 is 15.0 Å². The summed E-state index contributed by atoms with van der Waals surface area (Å²) in [5.41, 5.74) is 0.489. The molecule has 1 aliphatic rings. The Morgan fingerprint density at radius 2 is 1.74 bits per heavy atom. The van der Waals surface area contributed by atoms with E-state index in [0.717, 1.165) is 38.6 Å². The number of nitrogens with one attached hydrogen (secondary N) is 1. The number of esters is 1. The van der Waals surface area contributed by atoms with Gasteiger partial charge in [0.15, 0.2) is 0 Å². The van der Waals surface area contributed by atoms with E-state index in [9.17, 15) is 14.4 Å². The van der Waals surface area contributed by atoms with Crippen molar-refractivity contribution in [3.05, 3.63) is 11.6 Å². The number of piperidine rings is 1. The van der Waals surface area contributed by atoms with E-state index >= 15 is 0 Å². The number of nitrogens with zero attached hydrogens (tertiary/aromatic N) is 2. The Bertz CT molecular complexity index is 706. The predicted molar refractivity (Wildman–Crippen MR) is 137 cm³/mol. The van der Waals surface area contributed by atoms with Crippen molar-refractivity contribution in [2.75, 3.05) is 20.2 Å². The molecule has 0 saturated carbocycles. The molecule has 0 aromatic heterocycles. The molecule has 0 aromatic carbocycles. The topological polar surface area (TPSA) is 79.0 Å². The summed E-state index contributed by atoms with van der Waals surface area (Å²) in [5, 5.41) is 3.10. The Hall–Kier alpha value is -1.89. The molecule has 1 fully saturated rings. The number of ether oxygens (including phenoxy) is 1. The van der Waals surface area contributed by atoms with Crippen molar-refractivity contribution in [3.8, 4) is 0 Å². The number of carbonyl (C=O) groups excluding carboxylic acids is 3. The molecule has 7 nitrogen and oxygen atoms in total. The second kappa shape index (κ2) is 14.5. The van der Waals surface area contributed by atoms with E-state index in [0.29, 0.717) is 18.2 Å². The van der Waals surface area contributed by atoms with Crippen LogP contribution in [0.15, 0.2) is 11.6 Å². The smallest absolute Gasteiger partial charge is 0.333 e. The summed E-state index contributed by atoms with van der Waals surface area (Å²) in [6.07, 6.45) is 6.61. The number of hydrogen-bond acceptors (Lipinski definition) is 5. The molecule has 2 unspecified atom stereocenters. The molecule has 1 aliphatic heterocycles. The summed E-state index contributed by atoms with van der Waals surface area (Å²) in [6.45, 7) is 17.1. The molecule has 0 bridgehead atoms. The van der Waals surface area contributed by atoms with Crippen LogP contribution in [0.3, 0.4) is 0 Å². The third kappa shape index (κ3) is 8.10. The molecule has 0 aromatic rings. The van der Waals surface area contributed by atoms with Gasteiger partial charge in [-0.3, -0.25) is 14.5 Å². The second-order valence-electron chi connectivity index (χ2n) is 10.1. The van der Waals surface area contributed by atoms with Gasteiger partial charge in [-0.25, -0.2) is 4.79 Å². The van der Waals surface area contributed by atoms with E-state index in [2.05, 4.69) is 37.9 Å². The second-order valence-corrected chi connectivity index (χ2v) is 10.1. The van der Waals surface area contributed by atoms with E-state index in [-0.39, 0.29) is 41.7 Å². The lowest BCUT2D eigenvalue weighted by atomic mass is 9.93. The number of rotatable bonds is 12. The van der Waals surface area contributed by atoms with Crippen molar-refractivity contribution in [1.29, 1.82) is 0 Å². The molecule has 0 aliphatic carbocycles. The number of amides is 2. The number of likely N-dealkylation sites (tertiary alicyclic amines) is 1. The lowest BCUT2D eigenvalue weighted by Crippen LogP contribution is -2.59. The van der Waals surface area contributed by atoms with Crippen molar-refractivity contribution >= 4 is 17.8 Å². The van der Waals surface area contributed by atoms with Crippen molar-refractivity contribution < 1.29 is 19.1 Å². The fraction of sp³-hybridized carbons (Fsp3) is 0.815. The van der Waals surface area contributed by atoms with Crippen molar-refractivity contribution in [1.82, 2.24) is 15.1 Å². The van der Waals surface area contributed by atoms with Gasteiger partial charge in [-0.1, -0.05) is 53.5 Å². The molecule has 0 spiro atoms. The van der Waals surface area contributed by atoms with Crippen molar-refractivity contribution in [2.24, 2.45) is 11.8 Å². The third-order valence-electron chi connectivity index (χ3n) is 7.27. The number of likely N-dealkylation sites (N-methyl/N-ethyl adjacent to an activating group) is 1. The Kier molecular flexibility index (Phi) is 12.9. The molecule has 1 saturated heterocycles. The molecule has 196 valence electrons. The van der Waals surface area contributed by atoms with Crippen LogP contribution in [0.5, 0.6) is 0 Å². The minimum atomic E-state index is -0.624. The average Bonchev–Trinajstić information content (AvgIpc) is 2.83. The van der Waals surface area contributed by atoms with Crippen LogP contribution in [-0.2, 0) is 19.1 Å². The van der Waals surface area contributed by atoms with Gasteiger partial charge in [0.2, 0.25) is 11.8 Å². The number of carbonyl (C=O) groups is 3. The maximum atomic E-state index is 13.7. The normalized spacial score (nSPS) is 20.9. The van der Waals surface area contributed by atoms with Crippen LogP contribution >= 0.6 is 0 Å². The maximum Gasteiger partial charge on any atom is 0.333 e. The summed E-state index contributed by atoms with van der Waals surface area (Å²) >= 11 is 0. The standard InChI is InChI=1S/C27H49N3O4/c1-10-19(6)23(17-20(7)27(33)34-12-3)29(9)26(32)24(18(4)5)28-25(31)22-15-13-14-16-30(22)21(8)11-2/h17-19,21-24H,10-16H2,1-9H3,(H,28,31)/b20-17+/t19-,21?,22+,23?,24-/m0/s1. The number of hydrogen-bond donors (Lipinski definition) is 1. The summed E-state index contributed by atoms with van der Waals surface area (Å²) < 4.78 is 5.13. The van der Waals surface area contributed by atoms with Crippen LogP contribution in [0.4, 0.5) is 0 Å². The van der Waals surface area contributed by atoms with Crippen LogP contribution in [0.25, 0.3) is 0 Å². The van der Waals surface area contributed by atoms with Crippen LogP contribution in [0.1, 0.15) is 87.5 Å². The van der Waals surface area contributed by atoms with Crippen molar-refractivity contribution in [3.63, 3.8) is 0 Å². The maximum absolute atomic E-state index is 13.7. The monoisotopic (exact) mass is 479 g/mol. The molecule has 1 rings (SSSR count). The first kappa shape index (κ1) is 30.1. The molecular weight excluding hydrogens is 430 g/mol.